The minimum absolute atomic E-state index is 0.00976. The number of nitrogens with zero attached hydrogens (tertiary/aromatic N) is 6. The molecule has 9 nitrogen and oxygen atoms in total. The van der Waals surface area contributed by atoms with E-state index in [1.807, 2.05) is 66.1 Å². The molecule has 1 saturated carbocycles. The van der Waals surface area contributed by atoms with E-state index in [0.29, 0.717) is 41.1 Å². The molecule has 2 atom stereocenters. The highest BCUT2D eigenvalue weighted by molar-refractivity contribution is 6.32. The number of anilines is 1. The third-order valence-electron chi connectivity index (χ3n) is 6.62. The highest BCUT2D eigenvalue weighted by Crippen LogP contribution is 2.36. The molecule has 35 heavy (non-hydrogen) atoms. The van der Waals surface area contributed by atoms with Gasteiger partial charge in [0, 0.05) is 24.3 Å². The second-order valence-electron chi connectivity index (χ2n) is 9.13. The van der Waals surface area contributed by atoms with Gasteiger partial charge in [0.15, 0.2) is 11.5 Å². The van der Waals surface area contributed by atoms with Crippen molar-refractivity contribution in [2.45, 2.75) is 50.7 Å². The van der Waals surface area contributed by atoms with Crippen molar-refractivity contribution in [1.29, 1.82) is 0 Å². The molecule has 0 saturated heterocycles. The Labute approximate surface area is 207 Å². The molecular formula is C25H26ClN7O2. The first kappa shape index (κ1) is 23.0. The average molecular weight is 492 g/mol. The lowest BCUT2D eigenvalue weighted by Crippen LogP contribution is -2.53. The lowest BCUT2D eigenvalue weighted by atomic mass is 9.79. The molecule has 10 heteroatoms. The first-order valence-corrected chi connectivity index (χ1v) is 11.9. The number of hydrogen-bond donors (Lipinski definition) is 2. The van der Waals surface area contributed by atoms with Crippen LogP contribution in [0.2, 0.25) is 5.02 Å². The minimum atomic E-state index is -0.916. The Balaban J connectivity index is 1.37. The van der Waals surface area contributed by atoms with Gasteiger partial charge < -0.3 is 10.4 Å². The Hall–Kier alpha value is -3.72. The van der Waals surface area contributed by atoms with Crippen LogP contribution in [0.3, 0.4) is 0 Å². The highest BCUT2D eigenvalue weighted by atomic mass is 35.5. The zero-order valence-corrected chi connectivity index (χ0v) is 20.1. The molecule has 180 valence electrons. The van der Waals surface area contributed by atoms with E-state index in [1.165, 1.54) is 0 Å². The Kier molecular flexibility index (Phi) is 6.25. The summed E-state index contributed by atoms with van der Waals surface area (Å²) >= 11 is 6.42. The van der Waals surface area contributed by atoms with E-state index < -0.39 is 11.6 Å². The third-order valence-corrected chi connectivity index (χ3v) is 6.90. The average Bonchev–Trinajstić information content (AvgIpc) is 3.28. The van der Waals surface area contributed by atoms with Crippen LogP contribution in [0.5, 0.6) is 0 Å². The topological polar surface area (TPSA) is 109 Å². The van der Waals surface area contributed by atoms with Crippen molar-refractivity contribution in [2.24, 2.45) is 0 Å². The molecule has 5 rings (SSSR count). The molecule has 0 bridgehead atoms. The molecule has 1 aliphatic carbocycles. The summed E-state index contributed by atoms with van der Waals surface area (Å²) in [7, 11) is 0. The molecule has 3 heterocycles. The summed E-state index contributed by atoms with van der Waals surface area (Å²) < 4.78 is 1.82. The van der Waals surface area contributed by atoms with Gasteiger partial charge in [0.05, 0.1) is 11.2 Å². The number of carbonyl (C=O) groups is 1. The van der Waals surface area contributed by atoms with Crippen molar-refractivity contribution in [3.05, 3.63) is 71.5 Å². The third kappa shape index (κ3) is 4.77. The number of amides is 1. The molecule has 0 aliphatic heterocycles. The number of carboxylic acid groups (broad SMARTS) is 1. The maximum atomic E-state index is 12.2. The number of fused-ring (bicyclic) bond motifs is 1. The highest BCUT2D eigenvalue weighted by Gasteiger charge is 2.40. The van der Waals surface area contributed by atoms with E-state index in [2.05, 4.69) is 25.5 Å². The van der Waals surface area contributed by atoms with Gasteiger partial charge in [0.2, 0.25) is 5.95 Å². The van der Waals surface area contributed by atoms with E-state index in [1.54, 1.807) is 11.1 Å². The van der Waals surface area contributed by atoms with E-state index in [0.717, 1.165) is 24.8 Å². The molecule has 3 aromatic heterocycles. The summed E-state index contributed by atoms with van der Waals surface area (Å²) in [6, 6.07) is 15.3. The van der Waals surface area contributed by atoms with Gasteiger partial charge in [-0.1, -0.05) is 48.0 Å². The molecule has 1 aromatic carbocycles. The van der Waals surface area contributed by atoms with Crippen LogP contribution in [-0.4, -0.2) is 52.2 Å². The van der Waals surface area contributed by atoms with Crippen molar-refractivity contribution < 1.29 is 9.90 Å². The van der Waals surface area contributed by atoms with Crippen molar-refractivity contribution in [3.8, 4) is 11.5 Å². The Morgan fingerprint density at radius 2 is 2.03 bits per heavy atom. The van der Waals surface area contributed by atoms with Gasteiger partial charge in [-0.15, -0.1) is 10.2 Å². The van der Waals surface area contributed by atoms with Gasteiger partial charge in [0.1, 0.15) is 5.69 Å². The summed E-state index contributed by atoms with van der Waals surface area (Å²) in [4.78, 5) is 22.8. The monoisotopic (exact) mass is 491 g/mol. The molecule has 1 aliphatic rings. The fourth-order valence-electron chi connectivity index (χ4n) is 4.87. The maximum absolute atomic E-state index is 12.2. The number of nitrogens with one attached hydrogen (secondary N) is 1. The van der Waals surface area contributed by atoms with Gasteiger partial charge in [-0.3, -0.25) is 9.30 Å². The molecular weight excluding hydrogens is 466 g/mol. The lowest BCUT2D eigenvalue weighted by Gasteiger charge is -2.45. The molecule has 1 fully saturated rings. The normalized spacial score (nSPS) is 20.0. The molecule has 0 radical (unpaired) electrons. The summed E-state index contributed by atoms with van der Waals surface area (Å²) in [6.07, 6.45) is 5.71. The predicted molar refractivity (Wildman–Crippen MR) is 133 cm³/mol. The number of rotatable bonds is 6. The van der Waals surface area contributed by atoms with Crippen LogP contribution in [0.25, 0.3) is 17.2 Å². The van der Waals surface area contributed by atoms with Crippen LogP contribution >= 0.6 is 11.6 Å². The first-order valence-electron chi connectivity index (χ1n) is 11.6. The fourth-order valence-corrected chi connectivity index (χ4v) is 5.04. The number of aromatic nitrogens is 5. The van der Waals surface area contributed by atoms with Crippen LogP contribution in [0.15, 0.2) is 60.9 Å². The van der Waals surface area contributed by atoms with Gasteiger partial charge >= 0.3 is 6.09 Å². The van der Waals surface area contributed by atoms with Crippen molar-refractivity contribution in [3.63, 3.8) is 0 Å². The van der Waals surface area contributed by atoms with E-state index >= 15 is 0 Å². The standard InChI is InChI=1S/C25H26ClN7O2/c1-25(33(24(34)35)16-17-8-3-2-4-9-17)12-7-10-18(14-25)28-23-27-15-19(26)21(29-23)22-31-30-20-11-5-6-13-32(20)22/h2-6,8-9,11,13,15,18H,7,10,12,14,16H2,1H3,(H,34,35)(H,27,28,29)/t18-,25+/m1/s1. The summed E-state index contributed by atoms with van der Waals surface area (Å²) in [6.45, 7) is 2.37. The Morgan fingerprint density at radius 1 is 1.23 bits per heavy atom. The fraction of sp³-hybridized carbons (Fsp3) is 0.320. The molecule has 0 spiro atoms. The minimum Gasteiger partial charge on any atom is -0.465 e. The lowest BCUT2D eigenvalue weighted by molar-refractivity contribution is 0.0524. The second kappa shape index (κ2) is 9.50. The van der Waals surface area contributed by atoms with Crippen LogP contribution < -0.4 is 5.32 Å². The summed E-state index contributed by atoms with van der Waals surface area (Å²) in [5.41, 5.74) is 1.63. The maximum Gasteiger partial charge on any atom is 0.408 e. The van der Waals surface area contributed by atoms with Crippen molar-refractivity contribution in [2.75, 3.05) is 5.32 Å². The van der Waals surface area contributed by atoms with Crippen LogP contribution in [0, 0.1) is 0 Å². The number of pyridine rings is 1. The van der Waals surface area contributed by atoms with Gasteiger partial charge in [0.25, 0.3) is 0 Å². The van der Waals surface area contributed by atoms with Crippen LogP contribution in [0.4, 0.5) is 10.7 Å². The molecule has 4 aromatic rings. The zero-order chi connectivity index (χ0) is 24.4. The smallest absolute Gasteiger partial charge is 0.408 e. The largest absolute Gasteiger partial charge is 0.465 e. The first-order chi connectivity index (χ1) is 16.9. The van der Waals surface area contributed by atoms with E-state index in [4.69, 9.17) is 11.6 Å². The summed E-state index contributed by atoms with van der Waals surface area (Å²) in [5, 5.41) is 22.3. The molecule has 0 unspecified atom stereocenters. The molecule has 1 amide bonds. The van der Waals surface area contributed by atoms with Crippen molar-refractivity contribution >= 4 is 29.3 Å². The quantitative estimate of drug-likeness (QED) is 0.384. The van der Waals surface area contributed by atoms with E-state index in [9.17, 15) is 9.90 Å². The summed E-state index contributed by atoms with van der Waals surface area (Å²) in [5.74, 6) is 0.959. The SMILES string of the molecule is C[C@]1(N(Cc2ccccc2)C(=O)O)CCC[C@@H](Nc2ncc(Cl)c(-c3nnc4ccccn34)n2)C1. The number of benzene rings is 1. The number of hydrogen-bond acceptors (Lipinski definition) is 6. The van der Waals surface area contributed by atoms with Crippen LogP contribution in [-0.2, 0) is 6.54 Å². The second-order valence-corrected chi connectivity index (χ2v) is 9.54. The Bertz CT molecular complexity index is 1350. The van der Waals surface area contributed by atoms with E-state index in [-0.39, 0.29) is 6.04 Å². The molecule has 2 N–H and O–H groups in total. The Morgan fingerprint density at radius 3 is 2.83 bits per heavy atom. The predicted octanol–water partition coefficient (Wildman–Crippen LogP) is 5.13. The van der Waals surface area contributed by atoms with Crippen molar-refractivity contribution in [1.82, 2.24) is 29.5 Å². The zero-order valence-electron chi connectivity index (χ0n) is 19.3. The van der Waals surface area contributed by atoms with Gasteiger partial charge in [-0.25, -0.2) is 14.8 Å². The van der Waals surface area contributed by atoms with Crippen LogP contribution in [0.1, 0.15) is 38.2 Å². The van der Waals surface area contributed by atoms with Gasteiger partial charge in [-0.05, 0) is 50.3 Å². The van der Waals surface area contributed by atoms with Gasteiger partial charge in [-0.2, -0.15) is 0 Å². The number of halogens is 1.